The second-order valence-electron chi connectivity index (χ2n) is 4.05. The van der Waals surface area contributed by atoms with Crippen LogP contribution in [0.25, 0.3) is 0 Å². The lowest BCUT2D eigenvalue weighted by atomic mass is 10.1. The van der Waals surface area contributed by atoms with E-state index in [0.717, 1.165) is 12.8 Å². The molecular weight excluding hydrogens is 218 g/mol. The van der Waals surface area contributed by atoms with Gasteiger partial charge in [0.15, 0.2) is 0 Å². The van der Waals surface area contributed by atoms with Crippen molar-refractivity contribution in [1.82, 2.24) is 5.32 Å². The van der Waals surface area contributed by atoms with Gasteiger partial charge >= 0.3 is 0 Å². The minimum Gasteiger partial charge on any atom is -0.507 e. The molecule has 0 saturated heterocycles. The number of benzene rings is 1. The molecule has 1 unspecified atom stereocenters. The van der Waals surface area contributed by atoms with Gasteiger partial charge in [-0.25, -0.2) is 0 Å². The molecule has 94 valence electrons. The van der Waals surface area contributed by atoms with Gasteiger partial charge in [-0.2, -0.15) is 0 Å². The Balaban J connectivity index is 2.80. The van der Waals surface area contributed by atoms with Crippen molar-refractivity contribution < 1.29 is 14.6 Å². The van der Waals surface area contributed by atoms with E-state index >= 15 is 0 Å². The van der Waals surface area contributed by atoms with E-state index in [-0.39, 0.29) is 23.3 Å². The Morgan fingerprint density at radius 3 is 2.82 bits per heavy atom. The fraction of sp³-hybridized carbons (Fsp3) is 0.462. The van der Waals surface area contributed by atoms with Crippen LogP contribution in [0.1, 0.15) is 37.0 Å². The Labute approximate surface area is 102 Å². The topological polar surface area (TPSA) is 58.6 Å². The standard InChI is InChI=1S/C13H19NO3/c1-4-5-9(2)14-13(16)11-8-10(17-3)6-7-12(11)15/h6-9,15H,4-5H2,1-3H3,(H,14,16). The number of amides is 1. The van der Waals surface area contributed by atoms with E-state index in [9.17, 15) is 9.90 Å². The molecule has 2 N–H and O–H groups in total. The molecular formula is C13H19NO3. The van der Waals surface area contributed by atoms with Crippen LogP contribution in [0.5, 0.6) is 11.5 Å². The van der Waals surface area contributed by atoms with E-state index in [0.29, 0.717) is 5.75 Å². The Bertz CT molecular complexity index is 390. The van der Waals surface area contributed by atoms with Crippen molar-refractivity contribution in [3.63, 3.8) is 0 Å². The van der Waals surface area contributed by atoms with Crippen LogP contribution in [0.4, 0.5) is 0 Å². The van der Waals surface area contributed by atoms with Gasteiger partial charge in [0.2, 0.25) is 0 Å². The van der Waals surface area contributed by atoms with Crippen molar-refractivity contribution in [2.45, 2.75) is 32.7 Å². The summed E-state index contributed by atoms with van der Waals surface area (Å²) in [4.78, 5) is 11.9. The van der Waals surface area contributed by atoms with Gasteiger partial charge in [0, 0.05) is 6.04 Å². The molecule has 1 amide bonds. The summed E-state index contributed by atoms with van der Waals surface area (Å²) in [6.07, 6.45) is 1.92. The molecule has 0 aliphatic carbocycles. The number of rotatable bonds is 5. The number of phenolic OH excluding ortho intramolecular Hbond substituents is 1. The molecule has 1 aromatic rings. The highest BCUT2D eigenvalue weighted by atomic mass is 16.5. The molecule has 0 aliphatic heterocycles. The van der Waals surface area contributed by atoms with Crippen molar-refractivity contribution in [2.75, 3.05) is 7.11 Å². The van der Waals surface area contributed by atoms with Gasteiger partial charge < -0.3 is 15.2 Å². The predicted molar refractivity (Wildman–Crippen MR) is 66.5 cm³/mol. The Morgan fingerprint density at radius 2 is 2.24 bits per heavy atom. The first-order valence-corrected chi connectivity index (χ1v) is 5.76. The third-order valence-corrected chi connectivity index (χ3v) is 2.55. The molecule has 17 heavy (non-hydrogen) atoms. The molecule has 1 aromatic carbocycles. The van der Waals surface area contributed by atoms with Gasteiger partial charge in [-0.15, -0.1) is 0 Å². The van der Waals surface area contributed by atoms with E-state index in [2.05, 4.69) is 12.2 Å². The monoisotopic (exact) mass is 237 g/mol. The van der Waals surface area contributed by atoms with Gasteiger partial charge in [0.05, 0.1) is 12.7 Å². The molecule has 0 saturated carbocycles. The lowest BCUT2D eigenvalue weighted by Gasteiger charge is -2.13. The summed E-state index contributed by atoms with van der Waals surface area (Å²) in [5.41, 5.74) is 0.243. The van der Waals surface area contributed by atoms with Gasteiger partial charge in [0.1, 0.15) is 11.5 Å². The van der Waals surface area contributed by atoms with Crippen LogP contribution in [0.15, 0.2) is 18.2 Å². The number of aromatic hydroxyl groups is 1. The zero-order valence-electron chi connectivity index (χ0n) is 10.5. The summed E-state index contributed by atoms with van der Waals surface area (Å²) in [5.74, 6) is 0.241. The number of carbonyl (C=O) groups excluding carboxylic acids is 1. The summed E-state index contributed by atoms with van der Waals surface area (Å²) < 4.78 is 5.02. The summed E-state index contributed by atoms with van der Waals surface area (Å²) in [6.45, 7) is 4.00. The number of methoxy groups -OCH3 is 1. The van der Waals surface area contributed by atoms with Crippen LogP contribution < -0.4 is 10.1 Å². The normalized spacial score (nSPS) is 11.9. The minimum absolute atomic E-state index is 0.0352. The zero-order chi connectivity index (χ0) is 12.8. The van der Waals surface area contributed by atoms with E-state index in [4.69, 9.17) is 4.74 Å². The Morgan fingerprint density at radius 1 is 1.53 bits per heavy atom. The van der Waals surface area contributed by atoms with Crippen LogP contribution in [0.2, 0.25) is 0 Å². The maximum absolute atomic E-state index is 11.9. The highest BCUT2D eigenvalue weighted by Crippen LogP contribution is 2.22. The molecule has 0 radical (unpaired) electrons. The molecule has 0 fully saturated rings. The van der Waals surface area contributed by atoms with Crippen LogP contribution in [0, 0.1) is 0 Å². The number of phenols is 1. The van der Waals surface area contributed by atoms with Crippen molar-refractivity contribution >= 4 is 5.91 Å². The summed E-state index contributed by atoms with van der Waals surface area (Å²) in [5, 5.41) is 12.5. The van der Waals surface area contributed by atoms with E-state index in [1.54, 1.807) is 6.07 Å². The molecule has 1 rings (SSSR count). The van der Waals surface area contributed by atoms with Crippen molar-refractivity contribution in [3.05, 3.63) is 23.8 Å². The number of ether oxygens (including phenoxy) is 1. The van der Waals surface area contributed by atoms with Gasteiger partial charge in [-0.1, -0.05) is 13.3 Å². The van der Waals surface area contributed by atoms with E-state index < -0.39 is 0 Å². The minimum atomic E-state index is -0.276. The first-order valence-electron chi connectivity index (χ1n) is 5.76. The second kappa shape index (κ2) is 6.13. The molecule has 1 atom stereocenters. The molecule has 0 aliphatic rings. The number of hydrogen-bond donors (Lipinski definition) is 2. The van der Waals surface area contributed by atoms with Crippen LogP contribution >= 0.6 is 0 Å². The first kappa shape index (κ1) is 13.4. The van der Waals surface area contributed by atoms with Crippen LogP contribution in [0.3, 0.4) is 0 Å². The highest BCUT2D eigenvalue weighted by Gasteiger charge is 2.14. The smallest absolute Gasteiger partial charge is 0.255 e. The number of nitrogens with one attached hydrogen (secondary N) is 1. The van der Waals surface area contributed by atoms with Crippen molar-refractivity contribution in [3.8, 4) is 11.5 Å². The van der Waals surface area contributed by atoms with Gasteiger partial charge in [-0.05, 0) is 31.5 Å². The molecule has 0 bridgehead atoms. The average Bonchev–Trinajstić information content (AvgIpc) is 2.29. The fourth-order valence-electron chi connectivity index (χ4n) is 1.63. The second-order valence-corrected chi connectivity index (χ2v) is 4.05. The summed E-state index contributed by atoms with van der Waals surface area (Å²) in [6, 6.07) is 4.70. The van der Waals surface area contributed by atoms with E-state index in [1.807, 2.05) is 6.92 Å². The Kier molecular flexibility index (Phi) is 4.82. The summed E-state index contributed by atoms with van der Waals surface area (Å²) >= 11 is 0. The summed E-state index contributed by atoms with van der Waals surface area (Å²) in [7, 11) is 1.52. The molecule has 4 nitrogen and oxygen atoms in total. The van der Waals surface area contributed by atoms with Gasteiger partial charge in [0.25, 0.3) is 5.91 Å². The predicted octanol–water partition coefficient (Wildman–Crippen LogP) is 2.32. The van der Waals surface area contributed by atoms with Crippen molar-refractivity contribution in [2.24, 2.45) is 0 Å². The quantitative estimate of drug-likeness (QED) is 0.826. The zero-order valence-corrected chi connectivity index (χ0v) is 10.5. The number of carbonyl (C=O) groups is 1. The largest absolute Gasteiger partial charge is 0.507 e. The van der Waals surface area contributed by atoms with Crippen LogP contribution in [-0.2, 0) is 0 Å². The number of hydrogen-bond acceptors (Lipinski definition) is 3. The molecule has 0 spiro atoms. The van der Waals surface area contributed by atoms with Crippen molar-refractivity contribution in [1.29, 1.82) is 0 Å². The molecule has 4 heteroatoms. The maximum atomic E-state index is 11.9. The van der Waals surface area contributed by atoms with Crippen LogP contribution in [-0.4, -0.2) is 24.2 Å². The lowest BCUT2D eigenvalue weighted by Crippen LogP contribution is -2.32. The molecule has 0 heterocycles. The third-order valence-electron chi connectivity index (χ3n) is 2.55. The Hall–Kier alpha value is -1.71. The molecule has 0 aromatic heterocycles. The fourth-order valence-corrected chi connectivity index (χ4v) is 1.63. The first-order chi connectivity index (χ1) is 8.08. The van der Waals surface area contributed by atoms with E-state index in [1.165, 1.54) is 19.2 Å². The highest BCUT2D eigenvalue weighted by molar-refractivity contribution is 5.97. The third kappa shape index (κ3) is 3.66. The SMILES string of the molecule is CCCC(C)NC(=O)c1cc(OC)ccc1O. The average molecular weight is 237 g/mol. The lowest BCUT2D eigenvalue weighted by molar-refractivity contribution is 0.0935. The van der Waals surface area contributed by atoms with Gasteiger partial charge in [-0.3, -0.25) is 4.79 Å². The maximum Gasteiger partial charge on any atom is 0.255 e.